The number of anilines is 2. The molecule has 1 aromatic heterocycles. The SMILES string of the molecule is O=C(Nc1cccc(S(=O)(=O)Nc2nccs2)c1)C1CCNC1. The third kappa shape index (κ3) is 3.87. The third-order valence-corrected chi connectivity index (χ3v) is 5.65. The molecule has 2 heterocycles. The molecule has 0 saturated carbocycles. The fourth-order valence-corrected chi connectivity index (χ4v) is 4.15. The Bertz CT molecular complexity index is 784. The van der Waals surface area contributed by atoms with Crippen molar-refractivity contribution in [3.8, 4) is 0 Å². The molecule has 1 atom stereocenters. The Morgan fingerprint density at radius 2 is 2.26 bits per heavy atom. The first kappa shape index (κ1) is 15.9. The minimum atomic E-state index is -3.73. The molecule has 3 N–H and O–H groups in total. The van der Waals surface area contributed by atoms with Crippen molar-refractivity contribution < 1.29 is 13.2 Å². The zero-order chi connectivity index (χ0) is 16.3. The first-order valence-corrected chi connectivity index (χ1v) is 9.45. The number of benzene rings is 1. The average Bonchev–Trinajstić information content (AvgIpc) is 3.20. The van der Waals surface area contributed by atoms with Gasteiger partial charge in [-0.15, -0.1) is 11.3 Å². The molecule has 0 radical (unpaired) electrons. The summed E-state index contributed by atoms with van der Waals surface area (Å²) in [6.07, 6.45) is 2.31. The van der Waals surface area contributed by atoms with Gasteiger partial charge in [-0.2, -0.15) is 0 Å². The van der Waals surface area contributed by atoms with Crippen molar-refractivity contribution in [2.45, 2.75) is 11.3 Å². The van der Waals surface area contributed by atoms with Gasteiger partial charge in [0.2, 0.25) is 5.91 Å². The lowest BCUT2D eigenvalue weighted by atomic mass is 10.1. The normalized spacial score (nSPS) is 17.8. The van der Waals surface area contributed by atoms with E-state index in [0.29, 0.717) is 17.4 Å². The third-order valence-electron chi connectivity index (χ3n) is 3.50. The summed E-state index contributed by atoms with van der Waals surface area (Å²) >= 11 is 1.20. The molecular weight excluding hydrogens is 336 g/mol. The van der Waals surface area contributed by atoms with E-state index in [1.165, 1.54) is 29.7 Å². The zero-order valence-corrected chi connectivity index (χ0v) is 13.8. The second-order valence-electron chi connectivity index (χ2n) is 5.15. The van der Waals surface area contributed by atoms with Crippen molar-refractivity contribution in [2.24, 2.45) is 5.92 Å². The number of nitrogens with zero attached hydrogens (tertiary/aromatic N) is 1. The Morgan fingerprint density at radius 1 is 1.39 bits per heavy atom. The van der Waals surface area contributed by atoms with Crippen molar-refractivity contribution in [1.82, 2.24) is 10.3 Å². The Labute approximate surface area is 138 Å². The summed E-state index contributed by atoms with van der Waals surface area (Å²) in [6.45, 7) is 1.47. The van der Waals surface area contributed by atoms with Gasteiger partial charge in [-0.25, -0.2) is 13.4 Å². The molecule has 3 rings (SSSR count). The molecule has 0 aliphatic carbocycles. The number of amides is 1. The van der Waals surface area contributed by atoms with Crippen LogP contribution in [0.1, 0.15) is 6.42 Å². The molecule has 1 aliphatic heterocycles. The van der Waals surface area contributed by atoms with Gasteiger partial charge in [0.15, 0.2) is 5.13 Å². The van der Waals surface area contributed by atoms with Gasteiger partial charge >= 0.3 is 0 Å². The van der Waals surface area contributed by atoms with Crippen LogP contribution in [0.2, 0.25) is 0 Å². The maximum absolute atomic E-state index is 12.3. The molecule has 1 saturated heterocycles. The summed E-state index contributed by atoms with van der Waals surface area (Å²) in [4.78, 5) is 16.1. The maximum Gasteiger partial charge on any atom is 0.263 e. The Balaban J connectivity index is 1.75. The zero-order valence-electron chi connectivity index (χ0n) is 12.2. The molecule has 23 heavy (non-hydrogen) atoms. The van der Waals surface area contributed by atoms with E-state index >= 15 is 0 Å². The van der Waals surface area contributed by atoms with Gasteiger partial charge in [-0.3, -0.25) is 9.52 Å². The Kier molecular flexibility index (Phi) is 4.60. The minimum Gasteiger partial charge on any atom is -0.326 e. The molecule has 1 amide bonds. The van der Waals surface area contributed by atoms with Gasteiger partial charge in [-0.05, 0) is 31.2 Å². The summed E-state index contributed by atoms with van der Waals surface area (Å²) < 4.78 is 27.1. The van der Waals surface area contributed by atoms with Crippen LogP contribution in [0.3, 0.4) is 0 Å². The Hall–Kier alpha value is -1.97. The topological polar surface area (TPSA) is 100 Å². The van der Waals surface area contributed by atoms with Crippen LogP contribution in [0.5, 0.6) is 0 Å². The fourth-order valence-electron chi connectivity index (χ4n) is 2.31. The molecule has 0 bridgehead atoms. The van der Waals surface area contributed by atoms with E-state index in [9.17, 15) is 13.2 Å². The Morgan fingerprint density at radius 3 is 2.96 bits per heavy atom. The van der Waals surface area contributed by atoms with Crippen molar-refractivity contribution in [3.05, 3.63) is 35.8 Å². The minimum absolute atomic E-state index is 0.0787. The highest BCUT2D eigenvalue weighted by atomic mass is 32.2. The fraction of sp³-hybridized carbons (Fsp3) is 0.286. The summed E-state index contributed by atoms with van der Waals surface area (Å²) in [7, 11) is -3.73. The van der Waals surface area contributed by atoms with Gasteiger partial charge in [0.05, 0.1) is 10.8 Å². The van der Waals surface area contributed by atoms with E-state index in [-0.39, 0.29) is 16.7 Å². The summed E-state index contributed by atoms with van der Waals surface area (Å²) in [5.41, 5.74) is 0.462. The first-order valence-electron chi connectivity index (χ1n) is 7.08. The lowest BCUT2D eigenvalue weighted by molar-refractivity contribution is -0.119. The predicted octanol–water partition coefficient (Wildman–Crippen LogP) is 1.49. The lowest BCUT2D eigenvalue weighted by Gasteiger charge is -2.11. The van der Waals surface area contributed by atoms with E-state index in [1.807, 2.05) is 0 Å². The van der Waals surface area contributed by atoms with Crippen LogP contribution >= 0.6 is 11.3 Å². The number of carbonyl (C=O) groups excluding carboxylic acids is 1. The number of aromatic nitrogens is 1. The van der Waals surface area contributed by atoms with Crippen LogP contribution < -0.4 is 15.4 Å². The number of sulfonamides is 1. The van der Waals surface area contributed by atoms with Gasteiger partial charge in [0, 0.05) is 23.8 Å². The van der Waals surface area contributed by atoms with E-state index in [2.05, 4.69) is 20.3 Å². The molecular formula is C14H16N4O3S2. The summed E-state index contributed by atoms with van der Waals surface area (Å²) in [5, 5.41) is 7.88. The van der Waals surface area contributed by atoms with Gasteiger partial charge < -0.3 is 10.6 Å². The van der Waals surface area contributed by atoms with Crippen molar-refractivity contribution in [2.75, 3.05) is 23.1 Å². The number of hydrogen-bond donors (Lipinski definition) is 3. The van der Waals surface area contributed by atoms with Crippen LogP contribution in [0.25, 0.3) is 0 Å². The van der Waals surface area contributed by atoms with E-state index in [1.54, 1.807) is 17.5 Å². The van der Waals surface area contributed by atoms with Crippen LogP contribution in [0, 0.1) is 5.92 Å². The van der Waals surface area contributed by atoms with Crippen molar-refractivity contribution in [1.29, 1.82) is 0 Å². The summed E-state index contributed by atoms with van der Waals surface area (Å²) in [5.74, 6) is -0.180. The van der Waals surface area contributed by atoms with E-state index < -0.39 is 10.0 Å². The molecule has 1 aliphatic rings. The van der Waals surface area contributed by atoms with E-state index in [4.69, 9.17) is 0 Å². The monoisotopic (exact) mass is 352 g/mol. The molecule has 1 fully saturated rings. The van der Waals surface area contributed by atoms with Gasteiger partial charge in [0.1, 0.15) is 0 Å². The number of nitrogens with one attached hydrogen (secondary N) is 3. The summed E-state index contributed by atoms with van der Waals surface area (Å²) in [6, 6.07) is 6.18. The lowest BCUT2D eigenvalue weighted by Crippen LogP contribution is -2.24. The highest BCUT2D eigenvalue weighted by Crippen LogP contribution is 2.21. The second-order valence-corrected chi connectivity index (χ2v) is 7.73. The molecule has 7 nitrogen and oxygen atoms in total. The van der Waals surface area contributed by atoms with Crippen LogP contribution in [-0.4, -0.2) is 32.4 Å². The molecule has 9 heteroatoms. The van der Waals surface area contributed by atoms with Crippen LogP contribution in [0.15, 0.2) is 40.7 Å². The number of hydrogen-bond acceptors (Lipinski definition) is 6. The number of thiazole rings is 1. The van der Waals surface area contributed by atoms with Gasteiger partial charge in [-0.1, -0.05) is 6.07 Å². The molecule has 2 aromatic rings. The van der Waals surface area contributed by atoms with E-state index in [0.717, 1.165) is 13.0 Å². The maximum atomic E-state index is 12.3. The highest BCUT2D eigenvalue weighted by molar-refractivity contribution is 7.93. The standard InChI is InChI=1S/C14H16N4O3S2/c19-13(10-4-5-15-9-10)17-11-2-1-3-12(8-11)23(20,21)18-14-16-6-7-22-14/h1-3,6-8,10,15H,4-5,9H2,(H,16,18)(H,17,19). The van der Waals surface area contributed by atoms with Gasteiger partial charge in [0.25, 0.3) is 10.0 Å². The molecule has 1 unspecified atom stereocenters. The number of rotatable bonds is 5. The largest absolute Gasteiger partial charge is 0.326 e. The van der Waals surface area contributed by atoms with Crippen molar-refractivity contribution in [3.63, 3.8) is 0 Å². The quantitative estimate of drug-likeness (QED) is 0.757. The smallest absolute Gasteiger partial charge is 0.263 e. The average molecular weight is 352 g/mol. The highest BCUT2D eigenvalue weighted by Gasteiger charge is 2.23. The number of carbonyl (C=O) groups is 1. The van der Waals surface area contributed by atoms with Crippen LogP contribution in [-0.2, 0) is 14.8 Å². The molecule has 1 aromatic carbocycles. The molecule has 0 spiro atoms. The van der Waals surface area contributed by atoms with Crippen molar-refractivity contribution >= 4 is 38.1 Å². The first-order chi connectivity index (χ1) is 11.0. The molecule has 122 valence electrons. The predicted molar refractivity (Wildman–Crippen MR) is 89.0 cm³/mol. The van der Waals surface area contributed by atoms with Crippen LogP contribution in [0.4, 0.5) is 10.8 Å². The second kappa shape index (κ2) is 6.65.